The van der Waals surface area contributed by atoms with Crippen molar-refractivity contribution in [3.8, 4) is 0 Å². The van der Waals surface area contributed by atoms with Crippen LogP contribution in [0.2, 0.25) is 0 Å². The summed E-state index contributed by atoms with van der Waals surface area (Å²) in [7, 11) is 1.90. The highest BCUT2D eigenvalue weighted by molar-refractivity contribution is 5.10. The molecule has 1 aromatic heterocycles. The Bertz CT molecular complexity index is 364. The lowest BCUT2D eigenvalue weighted by atomic mass is 10.2. The highest BCUT2D eigenvalue weighted by Crippen LogP contribution is 2.29. The van der Waals surface area contributed by atoms with Gasteiger partial charge in [0.05, 0.1) is 11.3 Å². The first-order chi connectivity index (χ1) is 7.22. The van der Waals surface area contributed by atoms with Crippen LogP contribution in [-0.2, 0) is 0 Å². The molecule has 1 fully saturated rings. The minimum absolute atomic E-state index is 0.184. The van der Waals surface area contributed by atoms with Gasteiger partial charge in [0.25, 0.3) is 0 Å². The molecule has 1 aliphatic carbocycles. The molecule has 82 valence electrons. The minimum atomic E-state index is -0.521. The maximum absolute atomic E-state index is 10.5. The summed E-state index contributed by atoms with van der Waals surface area (Å²) >= 11 is 0. The first kappa shape index (κ1) is 10.0. The number of likely N-dealkylation sites (N-methyl/N-ethyl adjacent to an activating group) is 1. The fraction of sp³-hybridized carbons (Fsp3) is 0.750. The van der Waals surface area contributed by atoms with Crippen molar-refractivity contribution < 1.29 is 4.92 Å². The monoisotopic (exact) mass is 211 g/mol. The highest BCUT2D eigenvalue weighted by atomic mass is 16.6. The van der Waals surface area contributed by atoms with Gasteiger partial charge in [-0.05, 0) is 31.2 Å². The van der Waals surface area contributed by atoms with Crippen molar-refractivity contribution in [3.05, 3.63) is 16.3 Å². The number of nitrogens with zero attached hydrogens (tertiary/aromatic N) is 4. The summed E-state index contributed by atoms with van der Waals surface area (Å²) in [6.07, 6.45) is 4.59. The van der Waals surface area contributed by atoms with Crippen LogP contribution < -0.4 is 5.32 Å². The van der Waals surface area contributed by atoms with E-state index in [1.165, 1.54) is 6.20 Å². The average molecular weight is 211 g/mol. The van der Waals surface area contributed by atoms with Crippen LogP contribution >= 0.6 is 0 Å². The lowest BCUT2D eigenvalue weighted by molar-refractivity contribution is -0.389. The van der Waals surface area contributed by atoms with E-state index in [2.05, 4.69) is 15.6 Å². The van der Waals surface area contributed by atoms with E-state index in [1.54, 1.807) is 4.68 Å². The third-order valence-electron chi connectivity index (χ3n) is 2.88. The van der Waals surface area contributed by atoms with Gasteiger partial charge in [-0.3, -0.25) is 0 Å². The quantitative estimate of drug-likeness (QED) is 0.581. The summed E-state index contributed by atoms with van der Waals surface area (Å²) in [4.78, 5) is 9.93. The number of hydrogen-bond acceptors (Lipinski definition) is 5. The van der Waals surface area contributed by atoms with Crippen molar-refractivity contribution in [3.63, 3.8) is 0 Å². The molecule has 0 aliphatic heterocycles. The van der Waals surface area contributed by atoms with Crippen molar-refractivity contribution in [2.24, 2.45) is 0 Å². The van der Waals surface area contributed by atoms with Crippen LogP contribution in [0, 0.1) is 10.1 Å². The molecule has 1 saturated carbocycles. The molecular weight excluding hydrogens is 198 g/mol. The third-order valence-corrected chi connectivity index (χ3v) is 2.88. The molecule has 1 heterocycles. The number of aromatic nitrogens is 3. The van der Waals surface area contributed by atoms with Crippen molar-refractivity contribution >= 4 is 5.82 Å². The van der Waals surface area contributed by atoms with Crippen molar-refractivity contribution in [1.29, 1.82) is 0 Å². The first-order valence-corrected chi connectivity index (χ1v) is 4.96. The number of rotatable bonds is 3. The molecule has 1 N–H and O–H groups in total. The molecule has 7 heteroatoms. The fourth-order valence-electron chi connectivity index (χ4n) is 2.11. The van der Waals surface area contributed by atoms with Gasteiger partial charge in [0.2, 0.25) is 0 Å². The molecular formula is C8H13N5O2. The molecule has 1 aromatic rings. The second kappa shape index (κ2) is 3.93. The molecule has 0 radical (unpaired) electrons. The maximum Gasteiger partial charge on any atom is 0.410 e. The minimum Gasteiger partial charge on any atom is -0.358 e. The Morgan fingerprint density at radius 2 is 2.47 bits per heavy atom. The highest BCUT2D eigenvalue weighted by Gasteiger charge is 2.30. The Kier molecular flexibility index (Phi) is 2.63. The summed E-state index contributed by atoms with van der Waals surface area (Å²) in [5.41, 5.74) is 0. The average Bonchev–Trinajstić information content (AvgIpc) is 2.85. The second-order valence-electron chi connectivity index (χ2n) is 3.71. The van der Waals surface area contributed by atoms with E-state index in [0.717, 1.165) is 19.3 Å². The zero-order valence-corrected chi connectivity index (χ0v) is 8.46. The molecule has 1 aliphatic rings. The van der Waals surface area contributed by atoms with Crippen molar-refractivity contribution in [2.75, 3.05) is 7.05 Å². The van der Waals surface area contributed by atoms with Gasteiger partial charge in [-0.2, -0.15) is 0 Å². The number of hydrogen-bond donors (Lipinski definition) is 1. The van der Waals surface area contributed by atoms with Gasteiger partial charge in [0.15, 0.2) is 0 Å². The topological polar surface area (TPSA) is 85.9 Å². The fourth-order valence-corrected chi connectivity index (χ4v) is 2.11. The van der Waals surface area contributed by atoms with Crippen molar-refractivity contribution in [1.82, 2.24) is 20.3 Å². The van der Waals surface area contributed by atoms with Crippen molar-refractivity contribution in [2.45, 2.75) is 31.3 Å². The smallest absolute Gasteiger partial charge is 0.358 e. The number of nitro groups is 1. The van der Waals surface area contributed by atoms with Crippen LogP contribution in [0.5, 0.6) is 0 Å². The summed E-state index contributed by atoms with van der Waals surface area (Å²) in [5, 5.41) is 21.0. The Labute approximate surface area is 86.6 Å². The van der Waals surface area contributed by atoms with Crippen LogP contribution in [0.15, 0.2) is 6.20 Å². The molecule has 0 bridgehead atoms. The molecule has 0 amide bonds. The van der Waals surface area contributed by atoms with Gasteiger partial charge < -0.3 is 15.4 Å². The molecule has 0 aromatic carbocycles. The summed E-state index contributed by atoms with van der Waals surface area (Å²) < 4.78 is 1.60. The normalized spacial score (nSPS) is 25.7. The van der Waals surface area contributed by atoms with E-state index in [1.807, 2.05) is 7.05 Å². The molecule has 0 saturated heterocycles. The standard InChI is InChI=1S/C8H13N5O2/c1-9-6-3-2-4-7(6)12-5-8(10-11-12)13(14)15/h5-7,9H,2-4H2,1H3. The molecule has 15 heavy (non-hydrogen) atoms. The Morgan fingerprint density at radius 1 is 1.67 bits per heavy atom. The zero-order valence-electron chi connectivity index (χ0n) is 8.46. The summed E-state index contributed by atoms with van der Waals surface area (Å²) in [5.74, 6) is -0.184. The Morgan fingerprint density at radius 3 is 3.07 bits per heavy atom. The molecule has 0 spiro atoms. The third kappa shape index (κ3) is 1.82. The van der Waals surface area contributed by atoms with Crippen LogP contribution in [0.25, 0.3) is 0 Å². The van der Waals surface area contributed by atoms with E-state index in [4.69, 9.17) is 0 Å². The SMILES string of the molecule is CNC1CCCC1n1cc([N+](=O)[O-])nn1. The summed E-state index contributed by atoms with van der Waals surface area (Å²) in [6, 6.07) is 0.530. The van der Waals surface area contributed by atoms with Gasteiger partial charge in [-0.1, -0.05) is 0 Å². The Balaban J connectivity index is 2.18. The summed E-state index contributed by atoms with van der Waals surface area (Å²) in [6.45, 7) is 0. The van der Waals surface area contributed by atoms with Crippen LogP contribution in [0.1, 0.15) is 25.3 Å². The van der Waals surface area contributed by atoms with Crippen LogP contribution in [-0.4, -0.2) is 33.0 Å². The predicted molar refractivity (Wildman–Crippen MR) is 52.4 cm³/mol. The van der Waals surface area contributed by atoms with E-state index in [9.17, 15) is 10.1 Å². The lowest BCUT2D eigenvalue weighted by Crippen LogP contribution is -2.31. The molecule has 2 rings (SSSR count). The van der Waals surface area contributed by atoms with Crippen LogP contribution in [0.3, 0.4) is 0 Å². The zero-order chi connectivity index (χ0) is 10.8. The second-order valence-corrected chi connectivity index (χ2v) is 3.71. The predicted octanol–water partition coefficient (Wildman–Crippen LogP) is 0.499. The van der Waals surface area contributed by atoms with E-state index >= 15 is 0 Å². The van der Waals surface area contributed by atoms with Gasteiger partial charge in [0, 0.05) is 6.04 Å². The van der Waals surface area contributed by atoms with Crippen LogP contribution in [0.4, 0.5) is 5.82 Å². The number of nitrogens with one attached hydrogen (secondary N) is 1. The van der Waals surface area contributed by atoms with Gasteiger partial charge in [-0.25, -0.2) is 4.68 Å². The first-order valence-electron chi connectivity index (χ1n) is 4.96. The molecule has 7 nitrogen and oxygen atoms in total. The molecule has 2 unspecified atom stereocenters. The molecule has 2 atom stereocenters. The van der Waals surface area contributed by atoms with E-state index in [0.29, 0.717) is 6.04 Å². The largest absolute Gasteiger partial charge is 0.410 e. The van der Waals surface area contributed by atoms with Gasteiger partial charge >= 0.3 is 5.82 Å². The van der Waals surface area contributed by atoms with Gasteiger partial charge in [-0.15, -0.1) is 0 Å². The maximum atomic E-state index is 10.5. The van der Waals surface area contributed by atoms with Gasteiger partial charge in [0.1, 0.15) is 11.3 Å². The lowest BCUT2D eigenvalue weighted by Gasteiger charge is -2.17. The van der Waals surface area contributed by atoms with E-state index < -0.39 is 4.92 Å². The van der Waals surface area contributed by atoms with E-state index in [-0.39, 0.29) is 11.9 Å². The Hall–Kier alpha value is -1.50.